The van der Waals surface area contributed by atoms with Crippen molar-refractivity contribution < 1.29 is 17.7 Å². The molecule has 1 fully saturated rings. The Balaban J connectivity index is 1.46. The Morgan fingerprint density at radius 3 is 2.59 bits per heavy atom. The van der Waals surface area contributed by atoms with Gasteiger partial charge in [-0.05, 0) is 43.5 Å². The van der Waals surface area contributed by atoms with Crippen LogP contribution in [0, 0.1) is 6.92 Å². The van der Waals surface area contributed by atoms with Gasteiger partial charge in [0.25, 0.3) is 5.89 Å². The average Bonchev–Trinajstić information content (AvgIpc) is 3.24. The van der Waals surface area contributed by atoms with Gasteiger partial charge in [-0.1, -0.05) is 29.4 Å². The quantitative estimate of drug-likeness (QED) is 0.635. The third kappa shape index (κ3) is 3.90. The molecule has 2 aromatic carbocycles. The number of ether oxygens (including phenoxy) is 1. The molecular formula is C21H23N3O4S. The number of hydrogen-bond donors (Lipinski definition) is 0. The van der Waals surface area contributed by atoms with E-state index in [4.69, 9.17) is 9.26 Å². The molecule has 8 heteroatoms. The van der Waals surface area contributed by atoms with Crippen LogP contribution in [0.25, 0.3) is 11.5 Å². The molecule has 29 heavy (non-hydrogen) atoms. The number of aryl methyl sites for hydroxylation is 1. The molecule has 0 saturated carbocycles. The lowest BCUT2D eigenvalue weighted by atomic mass is 9.97. The number of aromatic nitrogens is 2. The van der Waals surface area contributed by atoms with Gasteiger partial charge in [-0.3, -0.25) is 0 Å². The second kappa shape index (κ2) is 7.96. The van der Waals surface area contributed by atoms with Crippen molar-refractivity contribution in [1.82, 2.24) is 14.4 Å². The first-order valence-corrected chi connectivity index (χ1v) is 11.0. The highest BCUT2D eigenvalue weighted by Crippen LogP contribution is 2.31. The van der Waals surface area contributed by atoms with Crippen molar-refractivity contribution in [1.29, 1.82) is 0 Å². The molecule has 4 rings (SSSR count). The molecule has 3 aromatic rings. The first-order valence-electron chi connectivity index (χ1n) is 9.53. The van der Waals surface area contributed by atoms with E-state index in [2.05, 4.69) is 10.1 Å². The summed E-state index contributed by atoms with van der Waals surface area (Å²) in [5.41, 5.74) is 1.99. The largest absolute Gasteiger partial charge is 0.497 e. The Labute approximate surface area is 170 Å². The van der Waals surface area contributed by atoms with E-state index < -0.39 is 10.0 Å². The Morgan fingerprint density at radius 1 is 1.10 bits per heavy atom. The van der Waals surface area contributed by atoms with Crippen LogP contribution in [-0.2, 0) is 10.0 Å². The van der Waals surface area contributed by atoms with Crippen LogP contribution in [0.1, 0.15) is 30.1 Å². The standard InChI is InChI=1S/C21H23N3O4S/c1-15-6-3-4-9-19(15)21-22-20(23-28-21)16-10-12-24(13-11-16)29(25,26)18-8-5-7-17(14-18)27-2/h3-9,14,16H,10-13H2,1-2H3. The van der Waals surface area contributed by atoms with Gasteiger partial charge >= 0.3 is 0 Å². The molecular weight excluding hydrogens is 390 g/mol. The minimum Gasteiger partial charge on any atom is -0.497 e. The molecule has 0 aliphatic carbocycles. The highest BCUT2D eigenvalue weighted by atomic mass is 32.2. The number of nitrogens with zero attached hydrogens (tertiary/aromatic N) is 3. The number of methoxy groups -OCH3 is 1. The first kappa shape index (κ1) is 19.6. The van der Waals surface area contributed by atoms with Crippen molar-refractivity contribution in [2.24, 2.45) is 0 Å². The van der Waals surface area contributed by atoms with Crippen LogP contribution in [-0.4, -0.2) is 43.1 Å². The number of hydrogen-bond acceptors (Lipinski definition) is 6. The van der Waals surface area contributed by atoms with E-state index in [-0.39, 0.29) is 10.8 Å². The van der Waals surface area contributed by atoms with E-state index in [0.717, 1.165) is 11.1 Å². The Kier molecular flexibility index (Phi) is 5.38. The van der Waals surface area contributed by atoms with Crippen LogP contribution in [0.5, 0.6) is 5.75 Å². The van der Waals surface area contributed by atoms with E-state index in [1.165, 1.54) is 11.4 Å². The molecule has 1 aliphatic heterocycles. The monoisotopic (exact) mass is 413 g/mol. The van der Waals surface area contributed by atoms with Crippen LogP contribution in [0.4, 0.5) is 0 Å². The molecule has 2 heterocycles. The van der Waals surface area contributed by atoms with Gasteiger partial charge in [0.15, 0.2) is 5.82 Å². The summed E-state index contributed by atoms with van der Waals surface area (Å²) in [6.07, 6.45) is 1.30. The van der Waals surface area contributed by atoms with E-state index in [1.54, 1.807) is 24.3 Å². The Morgan fingerprint density at radius 2 is 1.86 bits per heavy atom. The molecule has 0 radical (unpaired) electrons. The highest BCUT2D eigenvalue weighted by molar-refractivity contribution is 7.89. The van der Waals surface area contributed by atoms with Crippen molar-refractivity contribution in [3.63, 3.8) is 0 Å². The molecule has 0 spiro atoms. The summed E-state index contributed by atoms with van der Waals surface area (Å²) in [5.74, 6) is 1.75. The van der Waals surface area contributed by atoms with Gasteiger partial charge in [-0.15, -0.1) is 0 Å². The van der Waals surface area contributed by atoms with Gasteiger partial charge in [0.2, 0.25) is 10.0 Å². The van der Waals surface area contributed by atoms with Crippen molar-refractivity contribution in [3.05, 3.63) is 59.9 Å². The average molecular weight is 413 g/mol. The molecule has 0 atom stereocenters. The number of piperidine rings is 1. The van der Waals surface area contributed by atoms with Gasteiger partial charge in [0.05, 0.1) is 12.0 Å². The second-order valence-corrected chi connectivity index (χ2v) is 9.07. The topological polar surface area (TPSA) is 85.5 Å². The number of rotatable bonds is 5. The zero-order valence-electron chi connectivity index (χ0n) is 16.4. The van der Waals surface area contributed by atoms with E-state index in [1.807, 2.05) is 31.2 Å². The number of sulfonamides is 1. The van der Waals surface area contributed by atoms with Gasteiger partial charge in [0.1, 0.15) is 5.75 Å². The third-order valence-corrected chi connectivity index (χ3v) is 7.21. The molecule has 1 saturated heterocycles. The summed E-state index contributed by atoms with van der Waals surface area (Å²) in [7, 11) is -2.03. The van der Waals surface area contributed by atoms with Gasteiger partial charge in [0, 0.05) is 30.6 Å². The van der Waals surface area contributed by atoms with Gasteiger partial charge < -0.3 is 9.26 Å². The summed E-state index contributed by atoms with van der Waals surface area (Å²) < 4.78 is 38.0. The smallest absolute Gasteiger partial charge is 0.258 e. The molecule has 0 unspecified atom stereocenters. The molecule has 152 valence electrons. The second-order valence-electron chi connectivity index (χ2n) is 7.13. The fourth-order valence-corrected chi connectivity index (χ4v) is 5.09. The molecule has 0 bridgehead atoms. The minimum atomic E-state index is -3.55. The molecule has 7 nitrogen and oxygen atoms in total. The maximum absolute atomic E-state index is 12.9. The lowest BCUT2D eigenvalue weighted by Crippen LogP contribution is -2.38. The summed E-state index contributed by atoms with van der Waals surface area (Å²) in [6, 6.07) is 14.4. The molecule has 0 N–H and O–H groups in total. The fourth-order valence-electron chi connectivity index (χ4n) is 3.59. The van der Waals surface area contributed by atoms with Crippen LogP contribution in [0.2, 0.25) is 0 Å². The molecule has 0 amide bonds. The Bertz CT molecular complexity index is 1100. The van der Waals surface area contributed by atoms with Crippen molar-refractivity contribution >= 4 is 10.0 Å². The summed E-state index contributed by atoms with van der Waals surface area (Å²) in [5, 5.41) is 4.15. The summed E-state index contributed by atoms with van der Waals surface area (Å²) in [4.78, 5) is 4.82. The van der Waals surface area contributed by atoms with Crippen LogP contribution in [0.3, 0.4) is 0 Å². The van der Waals surface area contributed by atoms with Gasteiger partial charge in [-0.25, -0.2) is 8.42 Å². The van der Waals surface area contributed by atoms with Gasteiger partial charge in [-0.2, -0.15) is 9.29 Å². The van der Waals surface area contributed by atoms with E-state index in [9.17, 15) is 8.42 Å². The Hall–Kier alpha value is -2.71. The predicted octanol–water partition coefficient (Wildman–Crippen LogP) is 3.62. The van der Waals surface area contributed by atoms with Crippen molar-refractivity contribution in [2.75, 3.05) is 20.2 Å². The predicted molar refractivity (Wildman–Crippen MR) is 108 cm³/mol. The van der Waals surface area contributed by atoms with E-state index >= 15 is 0 Å². The minimum absolute atomic E-state index is 0.0771. The van der Waals surface area contributed by atoms with Crippen molar-refractivity contribution in [2.45, 2.75) is 30.6 Å². The first-order chi connectivity index (χ1) is 14.0. The third-order valence-electron chi connectivity index (χ3n) is 5.32. The van der Waals surface area contributed by atoms with E-state index in [0.29, 0.717) is 43.4 Å². The molecule has 1 aromatic heterocycles. The summed E-state index contributed by atoms with van der Waals surface area (Å²) >= 11 is 0. The SMILES string of the molecule is COc1cccc(S(=O)(=O)N2CCC(c3noc(-c4ccccc4C)n3)CC2)c1. The lowest BCUT2D eigenvalue weighted by Gasteiger charge is -2.29. The maximum Gasteiger partial charge on any atom is 0.258 e. The zero-order chi connectivity index (χ0) is 20.4. The number of benzene rings is 2. The highest BCUT2D eigenvalue weighted by Gasteiger charge is 2.32. The maximum atomic E-state index is 12.9. The normalized spacial score (nSPS) is 16.1. The fraction of sp³-hybridized carbons (Fsp3) is 0.333. The lowest BCUT2D eigenvalue weighted by molar-refractivity contribution is 0.307. The van der Waals surface area contributed by atoms with Crippen LogP contribution < -0.4 is 4.74 Å². The van der Waals surface area contributed by atoms with Crippen LogP contribution in [0.15, 0.2) is 57.9 Å². The zero-order valence-corrected chi connectivity index (χ0v) is 17.2. The van der Waals surface area contributed by atoms with Crippen molar-refractivity contribution in [3.8, 4) is 17.2 Å². The molecule has 1 aliphatic rings. The summed E-state index contributed by atoms with van der Waals surface area (Å²) in [6.45, 7) is 2.83. The van der Waals surface area contributed by atoms with Crippen LogP contribution >= 0.6 is 0 Å².